The molecular weight excluding hydrogens is 350 g/mol. The number of nitrogens with one attached hydrogen (secondary N) is 1. The maximum atomic E-state index is 13.5. The van der Waals surface area contributed by atoms with E-state index in [9.17, 15) is 9.59 Å². The minimum absolute atomic E-state index is 0.0222. The lowest BCUT2D eigenvalue weighted by Gasteiger charge is -2.36. The summed E-state index contributed by atoms with van der Waals surface area (Å²) in [5.74, 6) is 0.569. The molecule has 3 aliphatic rings. The highest BCUT2D eigenvalue weighted by molar-refractivity contribution is 6.02. The Kier molecular flexibility index (Phi) is 5.11. The van der Waals surface area contributed by atoms with E-state index < -0.39 is 0 Å². The van der Waals surface area contributed by atoms with E-state index in [2.05, 4.69) is 39.0 Å². The van der Waals surface area contributed by atoms with Crippen LogP contribution in [0.5, 0.6) is 0 Å². The van der Waals surface area contributed by atoms with Gasteiger partial charge >= 0.3 is 0 Å². The van der Waals surface area contributed by atoms with Gasteiger partial charge in [-0.1, -0.05) is 30.3 Å². The molecule has 1 amide bonds. The molecule has 3 saturated heterocycles. The maximum absolute atomic E-state index is 13.5. The second-order valence-electron chi connectivity index (χ2n) is 8.42. The normalized spacial score (nSPS) is 22.3. The second-order valence-corrected chi connectivity index (χ2v) is 8.42. The molecule has 3 aliphatic heterocycles. The summed E-state index contributed by atoms with van der Waals surface area (Å²) in [6.07, 6.45) is 2.24. The second kappa shape index (κ2) is 7.55. The van der Waals surface area contributed by atoms with Crippen LogP contribution in [0.2, 0.25) is 0 Å². The van der Waals surface area contributed by atoms with Crippen molar-refractivity contribution in [3.63, 3.8) is 0 Å². The van der Waals surface area contributed by atoms with Gasteiger partial charge in [-0.15, -0.1) is 0 Å². The number of piperidine rings is 1. The van der Waals surface area contributed by atoms with Crippen LogP contribution in [0, 0.1) is 19.8 Å². The Labute approximate surface area is 166 Å². The molecule has 3 fully saturated rings. The summed E-state index contributed by atoms with van der Waals surface area (Å²) in [5, 5.41) is 0. The van der Waals surface area contributed by atoms with Crippen LogP contribution in [0.4, 0.5) is 0 Å². The van der Waals surface area contributed by atoms with Gasteiger partial charge in [-0.2, -0.15) is 0 Å². The number of fused-ring (bicyclic) bond motifs is 4. The Morgan fingerprint density at radius 1 is 1.07 bits per heavy atom. The topological polar surface area (TPSA) is 56.4 Å². The van der Waals surface area contributed by atoms with E-state index in [1.54, 1.807) is 6.92 Å². The van der Waals surface area contributed by atoms with Crippen molar-refractivity contribution < 1.29 is 9.59 Å². The van der Waals surface area contributed by atoms with Crippen molar-refractivity contribution in [2.45, 2.75) is 46.2 Å². The number of aromatic amines is 1. The predicted molar refractivity (Wildman–Crippen MR) is 110 cm³/mol. The number of benzene rings is 1. The van der Waals surface area contributed by atoms with Crippen molar-refractivity contribution >= 4 is 11.7 Å². The predicted octanol–water partition coefficient (Wildman–Crippen LogP) is 3.57. The molecule has 0 unspecified atom stereocenters. The van der Waals surface area contributed by atoms with Crippen LogP contribution >= 0.6 is 0 Å². The molecule has 5 heteroatoms. The number of amides is 1. The number of aryl methyl sites for hydroxylation is 1. The quantitative estimate of drug-likeness (QED) is 0.826. The minimum Gasteiger partial charge on any atom is -0.355 e. The Hall–Kier alpha value is -2.40. The Morgan fingerprint density at radius 3 is 2.50 bits per heavy atom. The van der Waals surface area contributed by atoms with Crippen LogP contribution in [0.25, 0.3) is 0 Å². The molecule has 0 radical (unpaired) electrons. The maximum Gasteiger partial charge on any atom is 0.256 e. The number of H-pyrrole nitrogens is 1. The summed E-state index contributed by atoms with van der Waals surface area (Å²) < 4.78 is 0. The van der Waals surface area contributed by atoms with Gasteiger partial charge in [0.1, 0.15) is 0 Å². The monoisotopic (exact) mass is 379 g/mol. The lowest BCUT2D eigenvalue weighted by molar-refractivity contribution is 0.0583. The highest BCUT2D eigenvalue weighted by Gasteiger charge is 2.38. The number of carbonyl (C=O) groups is 2. The largest absolute Gasteiger partial charge is 0.355 e. The van der Waals surface area contributed by atoms with Crippen molar-refractivity contribution in [1.82, 2.24) is 14.8 Å². The van der Waals surface area contributed by atoms with Gasteiger partial charge in [0.2, 0.25) is 0 Å². The molecule has 0 spiro atoms. The summed E-state index contributed by atoms with van der Waals surface area (Å²) >= 11 is 0. The highest BCUT2D eigenvalue weighted by Crippen LogP contribution is 2.31. The van der Waals surface area contributed by atoms with E-state index in [1.165, 1.54) is 12.0 Å². The fourth-order valence-corrected chi connectivity index (χ4v) is 4.96. The number of hydrogen-bond donors (Lipinski definition) is 1. The van der Waals surface area contributed by atoms with Gasteiger partial charge in [-0.25, -0.2) is 0 Å². The standard InChI is InChI=1S/C23H29N3O2/c1-15-21(16(2)24-22(15)17(3)27)23(28)26-13-19-9-10-20(26)14-25(12-19)11-18-7-5-4-6-8-18/h4-8,19-20,24H,9-14H2,1-3H3/t19-,20+/m0/s1. The zero-order chi connectivity index (χ0) is 19.8. The molecule has 1 N–H and O–H groups in total. The zero-order valence-corrected chi connectivity index (χ0v) is 17.0. The van der Waals surface area contributed by atoms with Crippen LogP contribution < -0.4 is 0 Å². The molecule has 4 heterocycles. The van der Waals surface area contributed by atoms with Crippen molar-refractivity contribution in [1.29, 1.82) is 0 Å². The first kappa shape index (κ1) is 18.9. The molecule has 28 heavy (non-hydrogen) atoms. The van der Waals surface area contributed by atoms with E-state index in [4.69, 9.17) is 0 Å². The van der Waals surface area contributed by atoms with Crippen LogP contribution in [-0.2, 0) is 6.54 Å². The molecule has 0 saturated carbocycles. The lowest BCUT2D eigenvalue weighted by Crippen LogP contribution is -2.47. The fourth-order valence-electron chi connectivity index (χ4n) is 4.96. The molecule has 2 atom stereocenters. The first-order valence-electron chi connectivity index (χ1n) is 10.2. The van der Waals surface area contributed by atoms with Gasteiger partial charge in [0, 0.05) is 44.8 Å². The summed E-state index contributed by atoms with van der Waals surface area (Å²) in [7, 11) is 0. The molecule has 1 aromatic heterocycles. The van der Waals surface area contributed by atoms with Crippen molar-refractivity contribution in [2.24, 2.45) is 5.92 Å². The number of nitrogens with zero attached hydrogens (tertiary/aromatic N) is 2. The molecular formula is C23H29N3O2. The van der Waals surface area contributed by atoms with E-state index in [1.807, 2.05) is 19.9 Å². The van der Waals surface area contributed by atoms with Crippen molar-refractivity contribution in [2.75, 3.05) is 19.6 Å². The van der Waals surface area contributed by atoms with Gasteiger partial charge in [0.25, 0.3) is 5.91 Å². The van der Waals surface area contributed by atoms with Crippen LogP contribution in [0.15, 0.2) is 30.3 Å². The molecule has 0 aliphatic carbocycles. The third-order valence-electron chi connectivity index (χ3n) is 6.30. The summed E-state index contributed by atoms with van der Waals surface area (Å²) in [5.41, 5.74) is 4.16. The van der Waals surface area contributed by atoms with Gasteiger partial charge in [-0.05, 0) is 43.7 Å². The van der Waals surface area contributed by atoms with Crippen LogP contribution in [0.3, 0.4) is 0 Å². The number of rotatable bonds is 4. The average Bonchev–Trinajstić information content (AvgIpc) is 2.81. The van der Waals surface area contributed by atoms with Crippen LogP contribution in [-0.4, -0.2) is 52.2 Å². The summed E-state index contributed by atoms with van der Waals surface area (Å²) in [6, 6.07) is 10.8. The SMILES string of the molecule is CC(=O)c1[nH]c(C)c(C(=O)N2C[C@H]3CC[C@@H]2CN(Cc2ccccc2)C3)c1C. The van der Waals surface area contributed by atoms with Crippen LogP contribution in [0.1, 0.15) is 57.4 Å². The van der Waals surface area contributed by atoms with Gasteiger partial charge in [-0.3, -0.25) is 14.5 Å². The van der Waals surface area contributed by atoms with Crippen molar-refractivity contribution in [3.8, 4) is 0 Å². The zero-order valence-electron chi connectivity index (χ0n) is 17.0. The first-order chi connectivity index (χ1) is 13.4. The average molecular weight is 380 g/mol. The summed E-state index contributed by atoms with van der Waals surface area (Å²) in [4.78, 5) is 33.0. The van der Waals surface area contributed by atoms with Gasteiger partial charge in [0.05, 0.1) is 11.3 Å². The Morgan fingerprint density at radius 2 is 1.82 bits per heavy atom. The third kappa shape index (κ3) is 3.51. The third-order valence-corrected chi connectivity index (χ3v) is 6.30. The van der Waals surface area contributed by atoms with E-state index in [-0.39, 0.29) is 17.7 Å². The number of hydrogen-bond acceptors (Lipinski definition) is 3. The molecule has 1 aromatic carbocycles. The van der Waals surface area contributed by atoms with E-state index in [0.717, 1.165) is 43.9 Å². The molecule has 5 rings (SSSR count). The first-order valence-corrected chi connectivity index (χ1v) is 10.2. The van der Waals surface area contributed by atoms with Gasteiger partial charge in [0.15, 0.2) is 5.78 Å². The highest BCUT2D eigenvalue weighted by atomic mass is 16.2. The van der Waals surface area contributed by atoms with E-state index >= 15 is 0 Å². The number of ketones is 1. The molecule has 2 aromatic rings. The Bertz CT molecular complexity index is 887. The lowest BCUT2D eigenvalue weighted by atomic mass is 9.94. The van der Waals surface area contributed by atoms with Crippen molar-refractivity contribution in [3.05, 3.63) is 58.4 Å². The molecule has 2 bridgehead atoms. The number of Topliss-reactive ketones (excluding diaryl/α,β-unsaturated/α-hetero) is 1. The fraction of sp³-hybridized carbons (Fsp3) is 0.478. The number of carbonyl (C=O) groups excluding carboxylic acids is 2. The summed E-state index contributed by atoms with van der Waals surface area (Å²) in [6.45, 7) is 9.02. The van der Waals surface area contributed by atoms with Gasteiger partial charge < -0.3 is 9.88 Å². The minimum atomic E-state index is -0.0222. The van der Waals surface area contributed by atoms with E-state index in [0.29, 0.717) is 17.2 Å². The molecule has 148 valence electrons. The Balaban J connectivity index is 1.55. The smallest absolute Gasteiger partial charge is 0.256 e. The molecule has 5 nitrogen and oxygen atoms in total. The number of aromatic nitrogens is 1.